The van der Waals surface area contributed by atoms with Gasteiger partial charge in [0.05, 0.1) is 19.3 Å². The number of hydrogen-bond acceptors (Lipinski definition) is 4. The van der Waals surface area contributed by atoms with E-state index < -0.39 is 11.3 Å². The third kappa shape index (κ3) is 2.01. The van der Waals surface area contributed by atoms with Gasteiger partial charge in [0.15, 0.2) is 0 Å². The summed E-state index contributed by atoms with van der Waals surface area (Å²) < 4.78 is 10.8. The summed E-state index contributed by atoms with van der Waals surface area (Å²) in [5, 5.41) is 0. The Bertz CT molecular complexity index is 296. The molecule has 2 fully saturated rings. The van der Waals surface area contributed by atoms with E-state index in [0.29, 0.717) is 13.2 Å². The Kier molecular flexibility index (Phi) is 2.62. The van der Waals surface area contributed by atoms with Gasteiger partial charge in [0.2, 0.25) is 0 Å². The molecule has 2 rings (SSSR count). The zero-order chi connectivity index (χ0) is 12.0. The van der Waals surface area contributed by atoms with Crippen LogP contribution in [0.1, 0.15) is 33.6 Å². The van der Waals surface area contributed by atoms with Crippen molar-refractivity contribution in [1.29, 1.82) is 0 Å². The highest BCUT2D eigenvalue weighted by molar-refractivity contribution is 5.70. The van der Waals surface area contributed by atoms with Crippen LogP contribution < -0.4 is 5.73 Å². The highest BCUT2D eigenvalue weighted by Crippen LogP contribution is 2.35. The van der Waals surface area contributed by atoms with Crippen molar-refractivity contribution in [3.05, 3.63) is 0 Å². The normalized spacial score (nSPS) is 34.0. The fourth-order valence-corrected chi connectivity index (χ4v) is 2.34. The van der Waals surface area contributed by atoms with Gasteiger partial charge in [-0.3, -0.25) is 4.90 Å². The molecule has 2 unspecified atom stereocenters. The minimum absolute atomic E-state index is 0.0774. The van der Waals surface area contributed by atoms with Crippen LogP contribution in [0, 0.1) is 0 Å². The first-order valence-electron chi connectivity index (χ1n) is 5.71. The predicted octanol–water partition coefficient (Wildman–Crippen LogP) is 1.07. The quantitative estimate of drug-likeness (QED) is 0.673. The number of fused-ring (bicyclic) bond motifs is 2. The van der Waals surface area contributed by atoms with E-state index in [4.69, 9.17) is 15.2 Å². The van der Waals surface area contributed by atoms with Gasteiger partial charge >= 0.3 is 6.09 Å². The molecule has 5 nitrogen and oxygen atoms in total. The smallest absolute Gasteiger partial charge is 0.412 e. The third-order valence-corrected chi connectivity index (χ3v) is 3.01. The minimum atomic E-state index is -0.661. The Morgan fingerprint density at radius 3 is 2.81 bits per heavy atom. The van der Waals surface area contributed by atoms with E-state index in [9.17, 15) is 4.79 Å². The molecule has 2 bridgehead atoms. The van der Waals surface area contributed by atoms with Gasteiger partial charge in [-0.1, -0.05) is 0 Å². The number of hydrogen-bond donors (Lipinski definition) is 1. The molecule has 0 aromatic carbocycles. The number of morpholine rings is 1. The van der Waals surface area contributed by atoms with Gasteiger partial charge in [-0.05, 0) is 33.6 Å². The van der Waals surface area contributed by atoms with Crippen molar-refractivity contribution < 1.29 is 14.3 Å². The first-order chi connectivity index (χ1) is 7.32. The number of nitrogens with zero attached hydrogens (tertiary/aromatic N) is 1. The maximum absolute atomic E-state index is 12.0. The average Bonchev–Trinajstić information content (AvgIpc) is 2.30. The second kappa shape index (κ2) is 3.60. The first kappa shape index (κ1) is 11.7. The molecule has 0 spiro atoms. The molecule has 0 saturated carbocycles. The second-order valence-electron chi connectivity index (χ2n) is 5.66. The highest BCUT2D eigenvalue weighted by Gasteiger charge is 2.51. The van der Waals surface area contributed by atoms with E-state index in [1.165, 1.54) is 0 Å². The lowest BCUT2D eigenvalue weighted by atomic mass is 10.1. The van der Waals surface area contributed by atoms with Gasteiger partial charge in [0.25, 0.3) is 0 Å². The van der Waals surface area contributed by atoms with Crippen molar-refractivity contribution in [2.75, 3.05) is 13.2 Å². The predicted molar refractivity (Wildman–Crippen MR) is 58.8 cm³/mol. The molecule has 0 aliphatic carbocycles. The van der Waals surface area contributed by atoms with Crippen molar-refractivity contribution in [2.45, 2.75) is 50.9 Å². The maximum atomic E-state index is 12.0. The molecule has 2 saturated heterocycles. The van der Waals surface area contributed by atoms with Gasteiger partial charge in [-0.2, -0.15) is 0 Å². The van der Waals surface area contributed by atoms with Crippen LogP contribution in [0.5, 0.6) is 0 Å². The molecular weight excluding hydrogens is 208 g/mol. The van der Waals surface area contributed by atoms with E-state index >= 15 is 0 Å². The van der Waals surface area contributed by atoms with Crippen LogP contribution >= 0.6 is 0 Å². The fourth-order valence-electron chi connectivity index (χ4n) is 2.34. The Labute approximate surface area is 95.9 Å². The lowest BCUT2D eigenvalue weighted by Gasteiger charge is -2.42. The molecule has 92 valence electrons. The van der Waals surface area contributed by atoms with Crippen molar-refractivity contribution in [3.63, 3.8) is 0 Å². The summed E-state index contributed by atoms with van der Waals surface area (Å²) in [7, 11) is 0. The molecule has 2 atom stereocenters. The number of carbonyl (C=O) groups is 1. The molecule has 2 aliphatic rings. The Morgan fingerprint density at radius 1 is 1.56 bits per heavy atom. The molecule has 0 aromatic rings. The maximum Gasteiger partial charge on any atom is 0.412 e. The van der Waals surface area contributed by atoms with Crippen molar-refractivity contribution >= 4 is 6.09 Å². The standard InChI is InChI=1S/C11H20N2O3/c1-10(2,3)16-9(14)13-8-4-5-11(13,12)7-15-6-8/h8H,4-7,12H2,1-3H3. The van der Waals surface area contributed by atoms with E-state index in [-0.39, 0.29) is 12.1 Å². The summed E-state index contributed by atoms with van der Waals surface area (Å²) in [4.78, 5) is 13.7. The van der Waals surface area contributed by atoms with Gasteiger partial charge in [0.1, 0.15) is 11.3 Å². The summed E-state index contributed by atoms with van der Waals surface area (Å²) in [6.07, 6.45) is 1.37. The molecule has 2 aliphatic heterocycles. The van der Waals surface area contributed by atoms with Crippen LogP contribution in [-0.4, -0.2) is 41.5 Å². The van der Waals surface area contributed by atoms with Crippen LogP contribution in [-0.2, 0) is 9.47 Å². The number of ether oxygens (including phenoxy) is 2. The van der Waals surface area contributed by atoms with E-state index in [2.05, 4.69) is 0 Å². The van der Waals surface area contributed by atoms with Gasteiger partial charge in [-0.15, -0.1) is 0 Å². The molecule has 2 N–H and O–H groups in total. The molecule has 2 heterocycles. The zero-order valence-corrected chi connectivity index (χ0v) is 10.2. The van der Waals surface area contributed by atoms with Crippen LogP contribution in [0.15, 0.2) is 0 Å². The molecule has 1 amide bonds. The SMILES string of the molecule is CC(C)(C)OC(=O)N1C2CCC1(N)COC2. The van der Waals surface area contributed by atoms with Gasteiger partial charge < -0.3 is 15.2 Å². The van der Waals surface area contributed by atoms with Crippen LogP contribution in [0.2, 0.25) is 0 Å². The van der Waals surface area contributed by atoms with E-state index in [0.717, 1.165) is 12.8 Å². The summed E-state index contributed by atoms with van der Waals surface area (Å²) in [5.74, 6) is 0. The largest absolute Gasteiger partial charge is 0.444 e. The molecule has 0 aromatic heterocycles. The minimum Gasteiger partial charge on any atom is -0.444 e. The molecule has 5 heteroatoms. The lowest BCUT2D eigenvalue weighted by molar-refractivity contribution is -0.0725. The van der Waals surface area contributed by atoms with E-state index in [1.807, 2.05) is 20.8 Å². The second-order valence-corrected chi connectivity index (χ2v) is 5.66. The average molecular weight is 228 g/mol. The van der Waals surface area contributed by atoms with Crippen molar-refractivity contribution in [2.24, 2.45) is 5.73 Å². The number of carbonyl (C=O) groups excluding carboxylic acids is 1. The third-order valence-electron chi connectivity index (χ3n) is 3.01. The number of amides is 1. The van der Waals surface area contributed by atoms with Gasteiger partial charge in [-0.25, -0.2) is 4.79 Å². The topological polar surface area (TPSA) is 64.8 Å². The number of rotatable bonds is 0. The Balaban J connectivity index is 2.12. The van der Waals surface area contributed by atoms with Crippen molar-refractivity contribution in [1.82, 2.24) is 4.90 Å². The number of nitrogens with two attached hydrogens (primary N) is 1. The molecule has 16 heavy (non-hydrogen) atoms. The highest BCUT2D eigenvalue weighted by atomic mass is 16.6. The summed E-state index contributed by atoms with van der Waals surface area (Å²) in [6, 6.07) is 0.0774. The summed E-state index contributed by atoms with van der Waals surface area (Å²) in [6.45, 7) is 6.55. The van der Waals surface area contributed by atoms with E-state index in [1.54, 1.807) is 4.90 Å². The fraction of sp³-hybridized carbons (Fsp3) is 0.909. The van der Waals surface area contributed by atoms with Gasteiger partial charge in [0, 0.05) is 0 Å². The molecular formula is C11H20N2O3. The summed E-state index contributed by atoms with van der Waals surface area (Å²) >= 11 is 0. The monoisotopic (exact) mass is 228 g/mol. The molecule has 0 radical (unpaired) electrons. The van der Waals surface area contributed by atoms with Crippen molar-refractivity contribution in [3.8, 4) is 0 Å². The van der Waals surface area contributed by atoms with Crippen LogP contribution in [0.3, 0.4) is 0 Å². The first-order valence-corrected chi connectivity index (χ1v) is 5.71. The Morgan fingerprint density at radius 2 is 2.25 bits per heavy atom. The summed E-state index contributed by atoms with van der Waals surface area (Å²) in [5.41, 5.74) is 5.02. The zero-order valence-electron chi connectivity index (χ0n) is 10.2. The lowest BCUT2D eigenvalue weighted by Crippen LogP contribution is -2.63. The van der Waals surface area contributed by atoms with Crippen LogP contribution in [0.25, 0.3) is 0 Å². The Hall–Kier alpha value is -0.810. The van der Waals surface area contributed by atoms with Crippen LogP contribution in [0.4, 0.5) is 4.79 Å².